The molecule has 7 nitrogen and oxygen atoms in total. The molecule has 0 saturated carbocycles. The summed E-state index contributed by atoms with van der Waals surface area (Å²) >= 11 is 0. The summed E-state index contributed by atoms with van der Waals surface area (Å²) in [4.78, 5) is 13.4. The Hall–Kier alpha value is -3.36. The van der Waals surface area contributed by atoms with Crippen molar-refractivity contribution in [3.63, 3.8) is 0 Å². The van der Waals surface area contributed by atoms with Crippen molar-refractivity contribution in [2.24, 2.45) is 0 Å². The third-order valence-corrected chi connectivity index (χ3v) is 7.02. The van der Waals surface area contributed by atoms with Crippen LogP contribution >= 0.6 is 0 Å². The summed E-state index contributed by atoms with van der Waals surface area (Å²) in [6.45, 7) is 3.92. The van der Waals surface area contributed by atoms with E-state index in [-0.39, 0.29) is 17.1 Å². The van der Waals surface area contributed by atoms with Gasteiger partial charge >= 0.3 is 0 Å². The van der Waals surface area contributed by atoms with E-state index in [0.29, 0.717) is 11.4 Å². The van der Waals surface area contributed by atoms with Crippen molar-refractivity contribution in [1.82, 2.24) is 4.72 Å². The van der Waals surface area contributed by atoms with Gasteiger partial charge in [0.05, 0.1) is 19.1 Å². The highest BCUT2D eigenvalue weighted by Gasteiger charge is 2.27. The fraction of sp³-hybridized carbons (Fsp3) is 0.269. The number of hydrogen-bond acceptors (Lipinski definition) is 5. The zero-order valence-corrected chi connectivity index (χ0v) is 20.6. The summed E-state index contributed by atoms with van der Waals surface area (Å²) in [5.41, 5.74) is 3.43. The maximum absolute atomic E-state index is 13.4. The molecule has 0 saturated heterocycles. The summed E-state index contributed by atoms with van der Waals surface area (Å²) in [5, 5.41) is 2.95. The molecule has 0 aromatic heterocycles. The number of para-hydroxylation sites is 1. The van der Waals surface area contributed by atoms with E-state index in [1.54, 1.807) is 0 Å². The lowest BCUT2D eigenvalue weighted by molar-refractivity contribution is -0.117. The summed E-state index contributed by atoms with van der Waals surface area (Å²) in [6.07, 6.45) is 0.921. The Morgan fingerprint density at radius 3 is 2.29 bits per heavy atom. The molecule has 34 heavy (non-hydrogen) atoms. The lowest BCUT2D eigenvalue weighted by atomic mass is 10.0. The van der Waals surface area contributed by atoms with Gasteiger partial charge in [-0.1, -0.05) is 55.5 Å². The average molecular weight is 483 g/mol. The van der Waals surface area contributed by atoms with Gasteiger partial charge in [-0.25, -0.2) is 8.42 Å². The fourth-order valence-electron chi connectivity index (χ4n) is 3.69. The highest BCUT2D eigenvalue weighted by Crippen LogP contribution is 2.29. The van der Waals surface area contributed by atoms with Crippen LogP contribution in [0.15, 0.2) is 71.6 Å². The van der Waals surface area contributed by atoms with Crippen molar-refractivity contribution in [2.75, 3.05) is 19.5 Å². The molecule has 2 N–H and O–H groups in total. The first-order valence-corrected chi connectivity index (χ1v) is 12.4. The van der Waals surface area contributed by atoms with Gasteiger partial charge in [0.2, 0.25) is 15.9 Å². The lowest BCUT2D eigenvalue weighted by Gasteiger charge is -2.21. The van der Waals surface area contributed by atoms with Crippen molar-refractivity contribution in [3.05, 3.63) is 83.4 Å². The number of hydrogen-bond donors (Lipinski definition) is 2. The normalized spacial score (nSPS) is 12.1. The molecule has 0 unspecified atom stereocenters. The fourth-order valence-corrected chi connectivity index (χ4v) is 4.90. The van der Waals surface area contributed by atoms with Crippen molar-refractivity contribution in [2.45, 2.75) is 37.6 Å². The van der Waals surface area contributed by atoms with Crippen molar-refractivity contribution in [1.29, 1.82) is 0 Å². The molecule has 1 atom stereocenters. The van der Waals surface area contributed by atoms with Crippen LogP contribution in [0.3, 0.4) is 0 Å². The molecule has 8 heteroatoms. The van der Waals surface area contributed by atoms with E-state index in [0.717, 1.165) is 23.1 Å². The van der Waals surface area contributed by atoms with Gasteiger partial charge in [0.15, 0.2) is 11.5 Å². The van der Waals surface area contributed by atoms with Gasteiger partial charge in [0.1, 0.15) is 6.04 Å². The minimum absolute atomic E-state index is 0.0267. The Labute approximate surface area is 201 Å². The Kier molecular flexibility index (Phi) is 8.31. The Balaban J connectivity index is 1.94. The number of aryl methyl sites for hydroxylation is 2. The molecule has 0 spiro atoms. The van der Waals surface area contributed by atoms with Gasteiger partial charge in [-0.05, 0) is 48.6 Å². The van der Waals surface area contributed by atoms with Crippen LogP contribution in [-0.2, 0) is 27.7 Å². The van der Waals surface area contributed by atoms with Crippen LogP contribution in [0.25, 0.3) is 0 Å². The summed E-state index contributed by atoms with van der Waals surface area (Å²) < 4.78 is 39.5. The standard InChI is InChI=1S/C26H30N2O5S/c1-5-20-13-9-10-18(2)25(20)27-26(29)22(16-19-11-7-6-8-12-19)28-34(30,31)21-14-15-23(32-3)24(17-21)33-4/h6-15,17,22,28H,5,16H2,1-4H3,(H,27,29)/t22-/m1/s1. The third kappa shape index (κ3) is 5.95. The van der Waals surface area contributed by atoms with Gasteiger partial charge in [-0.2, -0.15) is 4.72 Å². The van der Waals surface area contributed by atoms with Crippen LogP contribution in [0, 0.1) is 6.92 Å². The maximum Gasteiger partial charge on any atom is 0.242 e. The smallest absolute Gasteiger partial charge is 0.242 e. The van der Waals surface area contributed by atoms with E-state index in [1.807, 2.05) is 62.4 Å². The molecule has 180 valence electrons. The highest BCUT2D eigenvalue weighted by molar-refractivity contribution is 7.89. The molecular weight excluding hydrogens is 452 g/mol. The first-order chi connectivity index (χ1) is 16.3. The predicted molar refractivity (Wildman–Crippen MR) is 133 cm³/mol. The monoisotopic (exact) mass is 482 g/mol. The van der Waals surface area contributed by atoms with Crippen LogP contribution in [0.2, 0.25) is 0 Å². The Bertz CT molecular complexity index is 1240. The van der Waals surface area contributed by atoms with Crippen molar-refractivity contribution >= 4 is 21.6 Å². The molecule has 0 aliphatic rings. The molecule has 0 aliphatic heterocycles. The van der Waals surface area contributed by atoms with E-state index < -0.39 is 22.0 Å². The van der Waals surface area contributed by atoms with Gasteiger partial charge in [-0.15, -0.1) is 0 Å². The number of ether oxygens (including phenoxy) is 2. The number of nitrogens with one attached hydrogen (secondary N) is 2. The van der Waals surface area contributed by atoms with Gasteiger partial charge in [0, 0.05) is 11.8 Å². The third-order valence-electron chi connectivity index (χ3n) is 5.55. The number of carbonyl (C=O) groups excluding carboxylic acids is 1. The number of amides is 1. The number of rotatable bonds is 10. The van der Waals surface area contributed by atoms with Gasteiger partial charge < -0.3 is 14.8 Å². The number of carbonyl (C=O) groups is 1. The lowest BCUT2D eigenvalue weighted by Crippen LogP contribution is -2.45. The minimum atomic E-state index is -4.05. The Morgan fingerprint density at radius 2 is 1.65 bits per heavy atom. The largest absolute Gasteiger partial charge is 0.493 e. The second-order valence-corrected chi connectivity index (χ2v) is 9.55. The molecule has 0 aliphatic carbocycles. The van der Waals surface area contributed by atoms with Crippen LogP contribution in [-0.4, -0.2) is 34.6 Å². The molecule has 0 fully saturated rings. The van der Waals surface area contributed by atoms with E-state index in [2.05, 4.69) is 10.0 Å². The summed E-state index contributed by atoms with van der Waals surface area (Å²) in [6, 6.07) is 18.3. The van der Waals surface area contributed by atoms with Crippen LogP contribution in [0.5, 0.6) is 11.5 Å². The van der Waals surface area contributed by atoms with Crippen LogP contribution in [0.1, 0.15) is 23.6 Å². The molecule has 1 amide bonds. The van der Waals surface area contributed by atoms with Crippen molar-refractivity contribution < 1.29 is 22.7 Å². The van der Waals surface area contributed by atoms with Crippen LogP contribution in [0.4, 0.5) is 5.69 Å². The molecule has 0 heterocycles. The number of sulfonamides is 1. The van der Waals surface area contributed by atoms with E-state index in [4.69, 9.17) is 9.47 Å². The van der Waals surface area contributed by atoms with Crippen molar-refractivity contribution in [3.8, 4) is 11.5 Å². The second-order valence-electron chi connectivity index (χ2n) is 7.83. The summed E-state index contributed by atoms with van der Waals surface area (Å²) in [7, 11) is -1.14. The number of benzene rings is 3. The molecule has 3 aromatic carbocycles. The number of methoxy groups -OCH3 is 2. The molecule has 0 radical (unpaired) electrons. The Morgan fingerprint density at radius 1 is 0.941 bits per heavy atom. The SMILES string of the molecule is CCc1cccc(C)c1NC(=O)[C@@H](Cc1ccccc1)NS(=O)(=O)c1ccc(OC)c(OC)c1. The van der Waals surface area contributed by atoms with E-state index >= 15 is 0 Å². The molecular formula is C26H30N2O5S. The first kappa shape index (κ1) is 25.3. The highest BCUT2D eigenvalue weighted by atomic mass is 32.2. The summed E-state index contributed by atoms with van der Waals surface area (Å²) in [5.74, 6) is 0.255. The average Bonchev–Trinajstić information content (AvgIpc) is 2.84. The second kappa shape index (κ2) is 11.2. The van der Waals surface area contributed by atoms with Gasteiger partial charge in [0.25, 0.3) is 0 Å². The van der Waals surface area contributed by atoms with E-state index in [1.165, 1.54) is 32.4 Å². The van der Waals surface area contributed by atoms with E-state index in [9.17, 15) is 13.2 Å². The topological polar surface area (TPSA) is 93.7 Å². The zero-order valence-electron chi connectivity index (χ0n) is 19.8. The quantitative estimate of drug-likeness (QED) is 0.454. The minimum Gasteiger partial charge on any atom is -0.493 e. The first-order valence-electron chi connectivity index (χ1n) is 11.0. The van der Waals surface area contributed by atoms with Crippen LogP contribution < -0.4 is 19.5 Å². The molecule has 3 aromatic rings. The zero-order chi connectivity index (χ0) is 24.7. The number of anilines is 1. The molecule has 3 rings (SSSR count). The predicted octanol–water partition coefficient (Wildman–Crippen LogP) is 4.10. The molecule has 0 bridgehead atoms. The van der Waals surface area contributed by atoms with Gasteiger partial charge in [-0.3, -0.25) is 4.79 Å². The maximum atomic E-state index is 13.4.